The number of benzene rings is 3. The van der Waals surface area contributed by atoms with Gasteiger partial charge < -0.3 is 14.6 Å². The average Bonchev–Trinajstić information content (AvgIpc) is 3.45. The lowest BCUT2D eigenvalue weighted by atomic mass is 10.2. The van der Waals surface area contributed by atoms with Gasteiger partial charge in [-0.15, -0.1) is 21.5 Å². The van der Waals surface area contributed by atoms with Crippen LogP contribution in [0.2, 0.25) is 0 Å². The summed E-state index contributed by atoms with van der Waals surface area (Å²) in [5, 5.41) is 12.9. The number of carbonyl (C=O) groups excluding carboxylic acids is 1. The topological polar surface area (TPSA) is 81.9 Å². The first-order chi connectivity index (χ1) is 17.4. The van der Waals surface area contributed by atoms with E-state index in [0.29, 0.717) is 17.6 Å². The monoisotopic (exact) mass is 579 g/mol. The molecule has 5 aromatic rings. The number of anilines is 1. The number of carbonyl (C=O) groups is 1. The van der Waals surface area contributed by atoms with Crippen molar-refractivity contribution in [3.8, 4) is 16.3 Å². The maximum Gasteiger partial charge on any atom is 0.234 e. The van der Waals surface area contributed by atoms with E-state index in [4.69, 9.17) is 9.72 Å². The molecule has 3 aromatic carbocycles. The minimum absolute atomic E-state index is 0.112. The Hall–Kier alpha value is -3.21. The fourth-order valence-corrected chi connectivity index (χ4v) is 5.52. The second kappa shape index (κ2) is 10.8. The molecule has 0 unspecified atom stereocenters. The fourth-order valence-electron chi connectivity index (χ4n) is 3.45. The fraction of sp³-hybridized carbons (Fsp3) is 0.154. The van der Waals surface area contributed by atoms with Crippen molar-refractivity contribution in [1.29, 1.82) is 0 Å². The van der Waals surface area contributed by atoms with Crippen LogP contribution >= 0.6 is 39.0 Å². The number of aryl methyl sites for hydroxylation is 1. The van der Waals surface area contributed by atoms with Gasteiger partial charge in [0.25, 0.3) is 0 Å². The van der Waals surface area contributed by atoms with E-state index in [1.54, 1.807) is 11.3 Å². The van der Waals surface area contributed by atoms with Crippen LogP contribution in [0, 0.1) is 6.92 Å². The van der Waals surface area contributed by atoms with Gasteiger partial charge in [-0.05, 0) is 73.2 Å². The maximum atomic E-state index is 12.5. The highest BCUT2D eigenvalue weighted by Crippen LogP contribution is 2.31. The third-order valence-corrected chi connectivity index (χ3v) is 8.01. The van der Waals surface area contributed by atoms with Crippen molar-refractivity contribution in [3.05, 3.63) is 82.6 Å². The Balaban J connectivity index is 1.14. The van der Waals surface area contributed by atoms with E-state index in [1.807, 2.05) is 66.2 Å². The highest BCUT2D eigenvalue weighted by atomic mass is 79.9. The van der Waals surface area contributed by atoms with E-state index in [0.717, 1.165) is 32.0 Å². The number of thioether (sulfide) groups is 1. The number of nitrogens with one attached hydrogen (secondary N) is 1. The number of nitrogens with zero attached hydrogens (tertiary/aromatic N) is 4. The molecule has 0 aliphatic rings. The number of hydrogen-bond donors (Lipinski definition) is 1. The summed E-state index contributed by atoms with van der Waals surface area (Å²) in [6.45, 7) is 2.37. The van der Waals surface area contributed by atoms with Crippen LogP contribution in [0.4, 0.5) is 5.69 Å². The smallest absolute Gasteiger partial charge is 0.234 e. The van der Waals surface area contributed by atoms with Gasteiger partial charge in [-0.25, -0.2) is 4.98 Å². The van der Waals surface area contributed by atoms with Crippen LogP contribution in [0.3, 0.4) is 0 Å². The van der Waals surface area contributed by atoms with Gasteiger partial charge in [-0.3, -0.25) is 4.79 Å². The molecular formula is C26H22BrN5O2S2. The largest absolute Gasteiger partial charge is 0.486 e. The predicted octanol–water partition coefficient (Wildman–Crippen LogP) is 6.47. The second-order valence-electron chi connectivity index (χ2n) is 8.10. The Morgan fingerprint density at radius 1 is 1.08 bits per heavy atom. The molecule has 5 rings (SSSR count). The van der Waals surface area contributed by atoms with Gasteiger partial charge in [0.05, 0.1) is 16.0 Å². The quantitative estimate of drug-likeness (QED) is 0.212. The van der Waals surface area contributed by atoms with Crippen LogP contribution in [0.15, 0.2) is 76.4 Å². The van der Waals surface area contributed by atoms with Gasteiger partial charge in [-0.2, -0.15) is 0 Å². The molecule has 2 aromatic heterocycles. The summed E-state index contributed by atoms with van der Waals surface area (Å²) >= 11 is 6.40. The molecule has 0 fully saturated rings. The van der Waals surface area contributed by atoms with Crippen LogP contribution in [0.25, 0.3) is 20.8 Å². The molecule has 0 atom stereocenters. The number of amides is 1. The van der Waals surface area contributed by atoms with Crippen molar-refractivity contribution in [1.82, 2.24) is 19.7 Å². The Bertz CT molecular complexity index is 1510. The summed E-state index contributed by atoms with van der Waals surface area (Å²) in [6, 6.07) is 21.6. The highest BCUT2D eigenvalue weighted by Gasteiger charge is 2.13. The molecule has 0 spiro atoms. The predicted molar refractivity (Wildman–Crippen MR) is 149 cm³/mol. The van der Waals surface area contributed by atoms with Crippen LogP contribution in [-0.2, 0) is 18.4 Å². The molecule has 0 saturated carbocycles. The first-order valence-electron chi connectivity index (χ1n) is 11.1. The molecular weight excluding hydrogens is 558 g/mol. The molecule has 0 aliphatic heterocycles. The molecule has 0 bridgehead atoms. The van der Waals surface area contributed by atoms with E-state index >= 15 is 0 Å². The van der Waals surface area contributed by atoms with Crippen molar-refractivity contribution < 1.29 is 9.53 Å². The standard InChI is InChI=1S/C26H22BrN5O2S2/c1-16-3-12-21-22(13-16)36-25(29-21)17-4-8-19(9-5-17)28-24(33)15-35-26-31-30-23(32(26)2)14-34-20-10-6-18(27)7-11-20/h3-13H,14-15H2,1-2H3,(H,28,33). The van der Waals surface area contributed by atoms with E-state index in [1.165, 1.54) is 22.0 Å². The zero-order chi connectivity index (χ0) is 25.1. The summed E-state index contributed by atoms with van der Waals surface area (Å²) in [7, 11) is 1.86. The summed E-state index contributed by atoms with van der Waals surface area (Å²) in [6.07, 6.45) is 0. The lowest BCUT2D eigenvalue weighted by Crippen LogP contribution is -2.14. The SMILES string of the molecule is Cc1ccc2nc(-c3ccc(NC(=O)CSc4nnc(COc5ccc(Br)cc5)n4C)cc3)sc2c1. The molecule has 0 saturated heterocycles. The third-order valence-electron chi connectivity index (χ3n) is 5.40. The Labute approximate surface area is 225 Å². The molecule has 0 radical (unpaired) electrons. The average molecular weight is 581 g/mol. The molecule has 36 heavy (non-hydrogen) atoms. The van der Waals surface area contributed by atoms with Crippen LogP contribution in [0.5, 0.6) is 5.75 Å². The third kappa shape index (κ3) is 5.77. The molecule has 1 amide bonds. The van der Waals surface area contributed by atoms with Crippen molar-refractivity contribution >= 4 is 60.8 Å². The zero-order valence-corrected chi connectivity index (χ0v) is 22.8. The Morgan fingerprint density at radius 3 is 2.64 bits per heavy atom. The number of ether oxygens (including phenoxy) is 1. The van der Waals surface area contributed by atoms with Gasteiger partial charge in [-0.1, -0.05) is 33.8 Å². The summed E-state index contributed by atoms with van der Waals surface area (Å²) < 4.78 is 9.77. The Morgan fingerprint density at radius 2 is 1.86 bits per heavy atom. The highest BCUT2D eigenvalue weighted by molar-refractivity contribution is 9.10. The van der Waals surface area contributed by atoms with Gasteiger partial charge in [0.15, 0.2) is 11.0 Å². The van der Waals surface area contributed by atoms with Crippen molar-refractivity contribution in [2.45, 2.75) is 18.7 Å². The van der Waals surface area contributed by atoms with Crippen LogP contribution in [-0.4, -0.2) is 31.4 Å². The van der Waals surface area contributed by atoms with E-state index in [9.17, 15) is 4.79 Å². The molecule has 2 heterocycles. The molecule has 7 nitrogen and oxygen atoms in total. The van der Waals surface area contributed by atoms with Crippen molar-refractivity contribution in [2.75, 3.05) is 11.1 Å². The number of thiazole rings is 1. The van der Waals surface area contributed by atoms with E-state index < -0.39 is 0 Å². The number of halogens is 1. The van der Waals surface area contributed by atoms with E-state index in [-0.39, 0.29) is 11.7 Å². The summed E-state index contributed by atoms with van der Waals surface area (Å²) in [4.78, 5) is 17.2. The minimum atomic E-state index is -0.112. The van der Waals surface area contributed by atoms with Crippen molar-refractivity contribution in [3.63, 3.8) is 0 Å². The number of fused-ring (bicyclic) bond motifs is 1. The van der Waals surface area contributed by atoms with Gasteiger partial charge in [0, 0.05) is 22.8 Å². The van der Waals surface area contributed by atoms with Gasteiger partial charge in [0.1, 0.15) is 17.4 Å². The first kappa shape index (κ1) is 24.5. The zero-order valence-electron chi connectivity index (χ0n) is 19.6. The van der Waals surface area contributed by atoms with Crippen molar-refractivity contribution in [2.24, 2.45) is 7.05 Å². The lowest BCUT2D eigenvalue weighted by Gasteiger charge is -2.07. The molecule has 1 N–H and O–H groups in total. The number of rotatable bonds is 8. The van der Waals surface area contributed by atoms with Crippen LogP contribution in [0.1, 0.15) is 11.4 Å². The molecule has 0 aliphatic carbocycles. The normalized spacial score (nSPS) is 11.1. The molecule has 10 heteroatoms. The first-order valence-corrected chi connectivity index (χ1v) is 13.7. The van der Waals surface area contributed by atoms with Crippen LogP contribution < -0.4 is 10.1 Å². The summed E-state index contributed by atoms with van der Waals surface area (Å²) in [5.41, 5.74) is 3.99. The summed E-state index contributed by atoms with van der Waals surface area (Å²) in [5.74, 6) is 1.54. The second-order valence-corrected chi connectivity index (χ2v) is 11.0. The Kier molecular flexibility index (Phi) is 7.35. The number of hydrogen-bond acceptors (Lipinski definition) is 7. The number of aromatic nitrogens is 4. The molecule has 182 valence electrons. The minimum Gasteiger partial charge on any atom is -0.486 e. The lowest BCUT2D eigenvalue weighted by molar-refractivity contribution is -0.113. The van der Waals surface area contributed by atoms with Gasteiger partial charge in [0.2, 0.25) is 5.91 Å². The van der Waals surface area contributed by atoms with Gasteiger partial charge >= 0.3 is 0 Å². The maximum absolute atomic E-state index is 12.5. The van der Waals surface area contributed by atoms with E-state index in [2.05, 4.69) is 50.5 Å².